The van der Waals surface area contributed by atoms with Crippen molar-refractivity contribution in [2.45, 2.75) is 45.6 Å². The minimum atomic E-state index is 0.613. The van der Waals surface area contributed by atoms with Gasteiger partial charge in [-0.2, -0.15) is 0 Å². The SMILES string of the molecule is CCc1cc2c(cc1CC)CC([NH3+])C2. The third-order valence-electron chi connectivity index (χ3n) is 3.30. The zero-order valence-electron chi connectivity index (χ0n) is 9.27. The van der Waals surface area contributed by atoms with Crippen LogP contribution in [0.5, 0.6) is 0 Å². The van der Waals surface area contributed by atoms with Crippen LogP contribution in [0, 0.1) is 0 Å². The fourth-order valence-corrected chi connectivity index (χ4v) is 2.52. The minimum absolute atomic E-state index is 0.613. The van der Waals surface area contributed by atoms with Gasteiger partial charge in [-0.25, -0.2) is 0 Å². The molecule has 76 valence electrons. The van der Waals surface area contributed by atoms with Gasteiger partial charge in [0.2, 0.25) is 0 Å². The fourth-order valence-electron chi connectivity index (χ4n) is 2.52. The summed E-state index contributed by atoms with van der Waals surface area (Å²) >= 11 is 0. The van der Waals surface area contributed by atoms with Crippen molar-refractivity contribution >= 4 is 0 Å². The second-order valence-corrected chi connectivity index (χ2v) is 4.37. The van der Waals surface area contributed by atoms with Gasteiger partial charge in [0.25, 0.3) is 0 Å². The Kier molecular flexibility index (Phi) is 2.60. The Bertz CT molecular complexity index is 308. The molecule has 3 N–H and O–H groups in total. The molecular formula is C13H20N+. The van der Waals surface area contributed by atoms with E-state index in [1.165, 1.54) is 12.8 Å². The van der Waals surface area contributed by atoms with E-state index in [-0.39, 0.29) is 0 Å². The molecule has 0 atom stereocenters. The van der Waals surface area contributed by atoms with Crippen molar-refractivity contribution < 1.29 is 5.73 Å². The van der Waals surface area contributed by atoms with Crippen LogP contribution in [0.4, 0.5) is 0 Å². The van der Waals surface area contributed by atoms with Crippen molar-refractivity contribution in [3.63, 3.8) is 0 Å². The first-order valence-electron chi connectivity index (χ1n) is 5.71. The Labute approximate surface area is 86.3 Å². The highest BCUT2D eigenvalue weighted by molar-refractivity contribution is 5.41. The van der Waals surface area contributed by atoms with Crippen molar-refractivity contribution in [3.05, 3.63) is 34.4 Å². The summed E-state index contributed by atoms with van der Waals surface area (Å²) < 4.78 is 0. The molecule has 1 nitrogen and oxygen atoms in total. The quantitative estimate of drug-likeness (QED) is 0.732. The molecule has 14 heavy (non-hydrogen) atoms. The number of rotatable bonds is 2. The van der Waals surface area contributed by atoms with Gasteiger partial charge in [0.1, 0.15) is 0 Å². The van der Waals surface area contributed by atoms with Crippen LogP contribution >= 0.6 is 0 Å². The maximum atomic E-state index is 4.16. The van der Waals surface area contributed by atoms with E-state index < -0.39 is 0 Å². The summed E-state index contributed by atoms with van der Waals surface area (Å²) in [5.74, 6) is 0. The van der Waals surface area contributed by atoms with E-state index in [0.717, 1.165) is 12.8 Å². The number of quaternary nitrogens is 1. The molecule has 0 aromatic heterocycles. The van der Waals surface area contributed by atoms with Gasteiger partial charge in [0.15, 0.2) is 0 Å². The first kappa shape index (κ1) is 9.72. The van der Waals surface area contributed by atoms with Gasteiger partial charge in [-0.3, -0.25) is 0 Å². The lowest BCUT2D eigenvalue weighted by atomic mass is 9.97. The predicted octanol–water partition coefficient (Wildman–Crippen LogP) is 1.52. The Balaban J connectivity index is 2.43. The van der Waals surface area contributed by atoms with E-state index in [9.17, 15) is 0 Å². The zero-order chi connectivity index (χ0) is 10.1. The molecule has 2 rings (SSSR count). The molecule has 0 bridgehead atoms. The predicted molar refractivity (Wildman–Crippen MR) is 59.3 cm³/mol. The maximum absolute atomic E-state index is 4.16. The summed E-state index contributed by atoms with van der Waals surface area (Å²) in [6, 6.07) is 5.44. The van der Waals surface area contributed by atoms with Crippen LogP contribution in [-0.4, -0.2) is 6.04 Å². The van der Waals surface area contributed by atoms with Gasteiger partial charge >= 0.3 is 0 Å². The summed E-state index contributed by atoms with van der Waals surface area (Å²) in [6.45, 7) is 4.50. The molecule has 0 amide bonds. The second-order valence-electron chi connectivity index (χ2n) is 4.37. The zero-order valence-corrected chi connectivity index (χ0v) is 9.27. The lowest BCUT2D eigenvalue weighted by Crippen LogP contribution is -2.61. The van der Waals surface area contributed by atoms with Gasteiger partial charge in [0.05, 0.1) is 6.04 Å². The number of aryl methyl sites for hydroxylation is 2. The van der Waals surface area contributed by atoms with E-state index in [2.05, 4.69) is 31.7 Å². The Hall–Kier alpha value is -0.820. The molecule has 0 saturated carbocycles. The van der Waals surface area contributed by atoms with Crippen LogP contribution in [0.25, 0.3) is 0 Å². The van der Waals surface area contributed by atoms with Crippen LogP contribution in [0.2, 0.25) is 0 Å². The molecule has 1 aliphatic carbocycles. The molecule has 0 saturated heterocycles. The standard InChI is InChI=1S/C13H19N/c1-3-9-5-11-7-13(14)8-12(11)6-10(9)4-2/h5-6,13H,3-4,7-8,14H2,1-2H3/p+1. The lowest BCUT2D eigenvalue weighted by Gasteiger charge is -2.08. The van der Waals surface area contributed by atoms with Gasteiger partial charge in [0, 0.05) is 12.8 Å². The highest BCUT2D eigenvalue weighted by atomic mass is 14.6. The van der Waals surface area contributed by atoms with Crippen LogP contribution in [0.3, 0.4) is 0 Å². The number of hydrogen-bond acceptors (Lipinski definition) is 0. The second kappa shape index (κ2) is 3.74. The van der Waals surface area contributed by atoms with Crippen LogP contribution in [0.1, 0.15) is 36.1 Å². The summed E-state index contributed by atoms with van der Waals surface area (Å²) in [4.78, 5) is 0. The summed E-state index contributed by atoms with van der Waals surface area (Å²) in [5, 5.41) is 0. The molecule has 0 aliphatic heterocycles. The summed E-state index contributed by atoms with van der Waals surface area (Å²) in [6.07, 6.45) is 4.70. The van der Waals surface area contributed by atoms with Crippen molar-refractivity contribution in [2.75, 3.05) is 0 Å². The fraction of sp³-hybridized carbons (Fsp3) is 0.538. The third-order valence-corrected chi connectivity index (χ3v) is 3.30. The summed E-state index contributed by atoms with van der Waals surface area (Å²) in [5.41, 5.74) is 10.4. The highest BCUT2D eigenvalue weighted by Crippen LogP contribution is 2.25. The van der Waals surface area contributed by atoms with Gasteiger partial charge in [-0.15, -0.1) is 0 Å². The number of hydrogen-bond donors (Lipinski definition) is 1. The Morgan fingerprint density at radius 1 is 1.07 bits per heavy atom. The van der Waals surface area contributed by atoms with Gasteiger partial charge < -0.3 is 5.73 Å². The lowest BCUT2D eigenvalue weighted by molar-refractivity contribution is -0.416. The first-order chi connectivity index (χ1) is 6.74. The number of fused-ring (bicyclic) bond motifs is 1. The first-order valence-corrected chi connectivity index (χ1v) is 5.71. The average molecular weight is 190 g/mol. The molecule has 1 aromatic rings. The van der Waals surface area contributed by atoms with Gasteiger partial charge in [-0.05, 0) is 35.1 Å². The van der Waals surface area contributed by atoms with E-state index >= 15 is 0 Å². The van der Waals surface area contributed by atoms with E-state index in [1.807, 2.05) is 0 Å². The van der Waals surface area contributed by atoms with Crippen LogP contribution in [-0.2, 0) is 25.7 Å². The smallest absolute Gasteiger partial charge is 0.0925 e. The highest BCUT2D eigenvalue weighted by Gasteiger charge is 2.21. The van der Waals surface area contributed by atoms with E-state index in [0.29, 0.717) is 6.04 Å². The largest absolute Gasteiger partial charge is 0.355 e. The van der Waals surface area contributed by atoms with Crippen molar-refractivity contribution in [3.8, 4) is 0 Å². The van der Waals surface area contributed by atoms with Crippen molar-refractivity contribution in [1.82, 2.24) is 0 Å². The van der Waals surface area contributed by atoms with Gasteiger partial charge in [-0.1, -0.05) is 26.0 Å². The van der Waals surface area contributed by atoms with Crippen LogP contribution < -0.4 is 5.73 Å². The molecular weight excluding hydrogens is 170 g/mol. The molecule has 1 aromatic carbocycles. The Morgan fingerprint density at radius 3 is 1.86 bits per heavy atom. The molecule has 0 fully saturated rings. The van der Waals surface area contributed by atoms with Crippen molar-refractivity contribution in [2.24, 2.45) is 0 Å². The molecule has 1 heteroatoms. The average Bonchev–Trinajstić information content (AvgIpc) is 2.54. The molecule has 0 radical (unpaired) electrons. The van der Waals surface area contributed by atoms with E-state index in [1.54, 1.807) is 22.3 Å². The molecule has 0 unspecified atom stereocenters. The maximum Gasteiger partial charge on any atom is 0.0925 e. The topological polar surface area (TPSA) is 27.6 Å². The number of benzene rings is 1. The van der Waals surface area contributed by atoms with E-state index in [4.69, 9.17) is 0 Å². The minimum Gasteiger partial charge on any atom is -0.355 e. The summed E-state index contributed by atoms with van der Waals surface area (Å²) in [7, 11) is 0. The van der Waals surface area contributed by atoms with Crippen LogP contribution in [0.15, 0.2) is 12.1 Å². The molecule has 0 heterocycles. The third kappa shape index (κ3) is 1.57. The normalized spacial score (nSPS) is 15.9. The monoisotopic (exact) mass is 190 g/mol. The molecule has 1 aliphatic rings. The Morgan fingerprint density at radius 2 is 1.50 bits per heavy atom. The van der Waals surface area contributed by atoms with Crippen molar-refractivity contribution in [1.29, 1.82) is 0 Å². The molecule has 0 spiro atoms.